The van der Waals surface area contributed by atoms with Gasteiger partial charge < -0.3 is 10.6 Å². The molecule has 0 atom stereocenters. The van der Waals surface area contributed by atoms with Crippen LogP contribution >= 0.6 is 11.8 Å². The SMILES string of the molecule is O=C(CSC1=NS(=O)(=O)c2cc(F)ccc2N1)Nc1ccc(C(F)(F)F)cc1. The smallest absolute Gasteiger partial charge is 0.333 e. The third-order valence-electron chi connectivity index (χ3n) is 3.50. The summed E-state index contributed by atoms with van der Waals surface area (Å²) in [6, 6.07) is 7.02. The number of hydrogen-bond acceptors (Lipinski definition) is 5. The van der Waals surface area contributed by atoms with E-state index >= 15 is 0 Å². The third-order valence-corrected chi connectivity index (χ3v) is 5.81. The zero-order valence-electron chi connectivity index (χ0n) is 13.7. The van der Waals surface area contributed by atoms with Gasteiger partial charge in [-0.2, -0.15) is 21.6 Å². The predicted molar refractivity (Wildman–Crippen MR) is 97.2 cm³/mol. The van der Waals surface area contributed by atoms with E-state index < -0.39 is 33.5 Å². The van der Waals surface area contributed by atoms with Crippen molar-refractivity contribution < 1.29 is 30.8 Å². The molecule has 2 aromatic rings. The van der Waals surface area contributed by atoms with Crippen LogP contribution in [0.5, 0.6) is 0 Å². The number of fused-ring (bicyclic) bond motifs is 1. The second-order valence-corrected chi connectivity index (χ2v) is 8.09. The first-order chi connectivity index (χ1) is 13.0. The lowest BCUT2D eigenvalue weighted by Gasteiger charge is -2.17. The maximum absolute atomic E-state index is 13.2. The molecule has 1 aliphatic rings. The number of alkyl halides is 3. The number of benzene rings is 2. The number of carbonyl (C=O) groups excluding carboxylic acids is 1. The number of rotatable bonds is 3. The largest absolute Gasteiger partial charge is 0.416 e. The molecular formula is C16H11F4N3O3S2. The Morgan fingerprint density at radius 2 is 1.82 bits per heavy atom. The number of nitrogens with zero attached hydrogens (tertiary/aromatic N) is 1. The van der Waals surface area contributed by atoms with Gasteiger partial charge >= 0.3 is 6.18 Å². The van der Waals surface area contributed by atoms with Crippen LogP contribution in [0.25, 0.3) is 0 Å². The molecule has 1 heterocycles. The zero-order chi connectivity index (χ0) is 20.5. The molecule has 0 radical (unpaired) electrons. The molecule has 0 spiro atoms. The molecule has 3 rings (SSSR count). The van der Waals surface area contributed by atoms with Gasteiger partial charge in [-0.3, -0.25) is 4.79 Å². The molecule has 0 saturated heterocycles. The van der Waals surface area contributed by atoms with E-state index in [9.17, 15) is 30.8 Å². The molecule has 0 bridgehead atoms. The second kappa shape index (κ2) is 7.43. The molecule has 0 fully saturated rings. The zero-order valence-corrected chi connectivity index (χ0v) is 15.4. The summed E-state index contributed by atoms with van der Waals surface area (Å²) in [5, 5.41) is 5.00. The molecule has 2 N–H and O–H groups in total. The highest BCUT2D eigenvalue weighted by molar-refractivity contribution is 8.15. The standard InChI is InChI=1S/C16H11F4N3O3S2/c17-10-3-6-12-13(7-10)28(25,26)23-15(22-12)27-8-14(24)21-11-4-1-9(2-5-11)16(18,19)20/h1-7H,8H2,(H,21,24)(H,22,23). The Hall–Kier alpha value is -2.60. The average molecular weight is 433 g/mol. The van der Waals surface area contributed by atoms with Crippen LogP contribution in [0.2, 0.25) is 0 Å². The van der Waals surface area contributed by atoms with Crippen LogP contribution in [0.3, 0.4) is 0 Å². The normalized spacial score (nSPS) is 15.2. The summed E-state index contributed by atoms with van der Waals surface area (Å²) in [6.45, 7) is 0. The van der Waals surface area contributed by atoms with Crippen molar-refractivity contribution in [2.24, 2.45) is 4.40 Å². The fraction of sp³-hybridized carbons (Fsp3) is 0.125. The van der Waals surface area contributed by atoms with Gasteiger partial charge in [-0.05, 0) is 42.5 Å². The molecule has 148 valence electrons. The minimum absolute atomic E-state index is 0.0818. The van der Waals surface area contributed by atoms with E-state index in [2.05, 4.69) is 15.0 Å². The number of carbonyl (C=O) groups is 1. The van der Waals surface area contributed by atoms with Crippen LogP contribution in [0.1, 0.15) is 5.56 Å². The molecule has 28 heavy (non-hydrogen) atoms. The van der Waals surface area contributed by atoms with Crippen LogP contribution in [-0.2, 0) is 21.0 Å². The number of halogens is 4. The van der Waals surface area contributed by atoms with E-state index in [1.807, 2.05) is 0 Å². The molecular weight excluding hydrogens is 422 g/mol. The highest BCUT2D eigenvalue weighted by atomic mass is 32.2. The predicted octanol–water partition coefficient (Wildman–Crippen LogP) is 3.69. The van der Waals surface area contributed by atoms with E-state index in [0.29, 0.717) is 0 Å². The van der Waals surface area contributed by atoms with Crippen molar-refractivity contribution in [1.29, 1.82) is 0 Å². The Kier molecular flexibility index (Phi) is 5.35. The fourth-order valence-corrected chi connectivity index (χ4v) is 4.29. The minimum Gasteiger partial charge on any atom is -0.333 e. The van der Waals surface area contributed by atoms with E-state index in [-0.39, 0.29) is 27.2 Å². The second-order valence-electron chi connectivity index (χ2n) is 5.55. The molecule has 0 aliphatic carbocycles. The van der Waals surface area contributed by atoms with E-state index in [0.717, 1.165) is 48.2 Å². The van der Waals surface area contributed by atoms with Gasteiger partial charge in [0.1, 0.15) is 10.7 Å². The molecule has 0 aromatic heterocycles. The Morgan fingerprint density at radius 3 is 2.46 bits per heavy atom. The van der Waals surface area contributed by atoms with Crippen molar-refractivity contribution in [3.63, 3.8) is 0 Å². The Morgan fingerprint density at radius 1 is 1.14 bits per heavy atom. The third kappa shape index (κ3) is 4.62. The first-order valence-corrected chi connectivity index (χ1v) is 9.99. The van der Waals surface area contributed by atoms with Gasteiger partial charge in [0.2, 0.25) is 5.91 Å². The van der Waals surface area contributed by atoms with Crippen molar-refractivity contribution in [2.75, 3.05) is 16.4 Å². The number of thioether (sulfide) groups is 1. The number of amides is 1. The lowest BCUT2D eigenvalue weighted by atomic mass is 10.2. The van der Waals surface area contributed by atoms with Crippen LogP contribution in [0.15, 0.2) is 51.8 Å². The summed E-state index contributed by atoms with van der Waals surface area (Å²) in [7, 11) is -4.11. The number of nitrogens with one attached hydrogen (secondary N) is 2. The molecule has 0 unspecified atom stereocenters. The minimum atomic E-state index is -4.48. The lowest BCUT2D eigenvalue weighted by Crippen LogP contribution is -2.22. The number of amidine groups is 1. The Labute approximate surface area is 161 Å². The number of sulfonamides is 1. The summed E-state index contributed by atoms with van der Waals surface area (Å²) < 4.78 is 78.4. The Bertz CT molecular complexity index is 1050. The molecule has 2 aromatic carbocycles. The number of anilines is 2. The van der Waals surface area contributed by atoms with Gasteiger partial charge in [0, 0.05) is 5.69 Å². The Balaban J connectivity index is 1.62. The van der Waals surface area contributed by atoms with Gasteiger partial charge in [-0.25, -0.2) is 4.39 Å². The summed E-state index contributed by atoms with van der Waals surface area (Å²) >= 11 is 0.776. The van der Waals surface area contributed by atoms with Crippen LogP contribution in [0.4, 0.5) is 28.9 Å². The van der Waals surface area contributed by atoms with E-state index in [1.165, 1.54) is 6.07 Å². The molecule has 12 heteroatoms. The first kappa shape index (κ1) is 20.1. The first-order valence-electron chi connectivity index (χ1n) is 7.56. The maximum atomic E-state index is 13.2. The monoisotopic (exact) mass is 433 g/mol. The van der Waals surface area contributed by atoms with Crippen molar-refractivity contribution in [1.82, 2.24) is 0 Å². The van der Waals surface area contributed by atoms with Crippen molar-refractivity contribution in [3.05, 3.63) is 53.8 Å². The van der Waals surface area contributed by atoms with Crippen LogP contribution < -0.4 is 10.6 Å². The van der Waals surface area contributed by atoms with Crippen molar-refractivity contribution in [2.45, 2.75) is 11.1 Å². The molecule has 1 aliphatic heterocycles. The lowest BCUT2D eigenvalue weighted by molar-refractivity contribution is -0.137. The summed E-state index contributed by atoms with van der Waals surface area (Å²) in [5.74, 6) is -1.55. The molecule has 6 nitrogen and oxygen atoms in total. The molecule has 0 saturated carbocycles. The van der Waals surface area contributed by atoms with E-state index in [1.54, 1.807) is 0 Å². The van der Waals surface area contributed by atoms with Crippen molar-refractivity contribution in [3.8, 4) is 0 Å². The maximum Gasteiger partial charge on any atom is 0.416 e. The van der Waals surface area contributed by atoms with Crippen molar-refractivity contribution >= 4 is 44.2 Å². The van der Waals surface area contributed by atoms with Crippen LogP contribution in [0, 0.1) is 5.82 Å². The van der Waals surface area contributed by atoms with Gasteiger partial charge in [0.25, 0.3) is 10.0 Å². The van der Waals surface area contributed by atoms with E-state index in [4.69, 9.17) is 0 Å². The quantitative estimate of drug-likeness (QED) is 0.721. The topological polar surface area (TPSA) is 87.6 Å². The fourth-order valence-electron chi connectivity index (χ4n) is 2.25. The van der Waals surface area contributed by atoms with Crippen LogP contribution in [-0.4, -0.2) is 25.2 Å². The summed E-state index contributed by atoms with van der Waals surface area (Å²) in [4.78, 5) is 11.6. The average Bonchev–Trinajstić information content (AvgIpc) is 2.60. The van der Waals surface area contributed by atoms with Gasteiger partial charge in [-0.1, -0.05) is 11.8 Å². The van der Waals surface area contributed by atoms with Gasteiger partial charge in [0.05, 0.1) is 17.0 Å². The molecule has 1 amide bonds. The summed E-state index contributed by atoms with van der Waals surface area (Å²) in [5.41, 5.74) is -0.562. The summed E-state index contributed by atoms with van der Waals surface area (Å²) in [6.07, 6.45) is -4.48. The number of hydrogen-bond donors (Lipinski definition) is 2. The van der Waals surface area contributed by atoms with Gasteiger partial charge in [-0.15, -0.1) is 4.40 Å². The highest BCUT2D eigenvalue weighted by Gasteiger charge is 2.30. The van der Waals surface area contributed by atoms with Gasteiger partial charge in [0.15, 0.2) is 5.17 Å². The highest BCUT2D eigenvalue weighted by Crippen LogP contribution is 2.31.